The summed E-state index contributed by atoms with van der Waals surface area (Å²) in [5.41, 5.74) is 4.08. The standard InChI is InChI=1S/C34H40FN7O4/c1-20-15-26(16-21(2)30(20)35)42-31(29-22(3)38(11-9-27(29)37-42)33(44)46-34(4,5)6)40-13-12-39(32(40)43)24-7-8-28-23(17-24)18-36-41(28)25-10-14-45-19-25/h7-8,12-13,15-18,22,25,33,44H,9-11,14,19H2,1-6H3/t22-,25?,33?/m0/s1. The molecule has 1 saturated heterocycles. The Labute approximate surface area is 266 Å². The van der Waals surface area contributed by atoms with Crippen molar-refractivity contribution in [3.8, 4) is 17.2 Å². The first-order valence-corrected chi connectivity index (χ1v) is 15.8. The lowest BCUT2D eigenvalue weighted by molar-refractivity contribution is -0.249. The van der Waals surface area contributed by atoms with Crippen molar-refractivity contribution in [2.24, 2.45) is 0 Å². The zero-order chi connectivity index (χ0) is 32.5. The van der Waals surface area contributed by atoms with E-state index >= 15 is 0 Å². The number of nitrogens with zero attached hydrogens (tertiary/aromatic N) is 7. The fraction of sp³-hybridized carbons (Fsp3) is 0.441. The summed E-state index contributed by atoms with van der Waals surface area (Å²) in [7, 11) is 0. The second-order valence-electron chi connectivity index (χ2n) is 13.4. The number of imidazole rings is 1. The van der Waals surface area contributed by atoms with E-state index in [2.05, 4.69) is 5.10 Å². The first kappa shape index (κ1) is 30.5. The second-order valence-corrected chi connectivity index (χ2v) is 13.4. The first-order chi connectivity index (χ1) is 21.9. The van der Waals surface area contributed by atoms with E-state index in [0.29, 0.717) is 47.9 Å². The molecule has 0 bridgehead atoms. The Morgan fingerprint density at radius 1 is 1.09 bits per heavy atom. The number of rotatable bonds is 6. The van der Waals surface area contributed by atoms with Crippen LogP contribution in [0.25, 0.3) is 28.1 Å². The van der Waals surface area contributed by atoms with E-state index in [9.17, 15) is 14.3 Å². The van der Waals surface area contributed by atoms with Crippen LogP contribution in [0.4, 0.5) is 4.39 Å². The van der Waals surface area contributed by atoms with E-state index in [1.54, 1.807) is 52.2 Å². The predicted molar refractivity (Wildman–Crippen MR) is 171 cm³/mol. The monoisotopic (exact) mass is 629 g/mol. The summed E-state index contributed by atoms with van der Waals surface area (Å²) < 4.78 is 33.1. The van der Waals surface area contributed by atoms with Gasteiger partial charge in [0.2, 0.25) is 6.41 Å². The lowest BCUT2D eigenvalue weighted by Crippen LogP contribution is -2.46. The van der Waals surface area contributed by atoms with Gasteiger partial charge in [-0.15, -0.1) is 0 Å². The average Bonchev–Trinajstić information content (AvgIpc) is 3.80. The molecule has 242 valence electrons. The molecule has 1 fully saturated rings. The average molecular weight is 630 g/mol. The van der Waals surface area contributed by atoms with Crippen LogP contribution in [0.15, 0.2) is 53.7 Å². The van der Waals surface area contributed by atoms with E-state index in [1.165, 1.54) is 0 Å². The number of ether oxygens (including phenoxy) is 2. The number of aliphatic hydroxyl groups excluding tert-OH is 1. The summed E-state index contributed by atoms with van der Waals surface area (Å²) in [4.78, 5) is 16.2. The summed E-state index contributed by atoms with van der Waals surface area (Å²) in [6.45, 7) is 13.0. The molecular weight excluding hydrogens is 589 g/mol. The molecule has 5 heterocycles. The summed E-state index contributed by atoms with van der Waals surface area (Å²) in [6, 6.07) is 9.22. The molecule has 7 rings (SSSR count). The van der Waals surface area contributed by atoms with E-state index < -0.39 is 12.0 Å². The van der Waals surface area contributed by atoms with Gasteiger partial charge in [-0.1, -0.05) is 0 Å². The van der Waals surface area contributed by atoms with Crippen molar-refractivity contribution in [1.82, 2.24) is 33.6 Å². The van der Waals surface area contributed by atoms with Crippen LogP contribution >= 0.6 is 0 Å². The van der Waals surface area contributed by atoms with Gasteiger partial charge in [0.15, 0.2) is 0 Å². The SMILES string of the molecule is Cc1cc(-n2nc3c(c2-n2ccn(-c4ccc5c(cnn5C5CCOC5)c4)c2=O)[C@H](C)N(C(O)OC(C)(C)C)CC3)cc(C)c1F. The van der Waals surface area contributed by atoms with Gasteiger partial charge in [0.05, 0.1) is 47.0 Å². The minimum Gasteiger partial charge on any atom is -0.379 e. The van der Waals surface area contributed by atoms with E-state index in [-0.39, 0.29) is 23.6 Å². The number of hydrogen-bond donors (Lipinski definition) is 1. The third kappa shape index (κ3) is 5.19. The number of halogens is 1. The number of aliphatic hydroxyl groups is 1. The number of aromatic nitrogens is 6. The van der Waals surface area contributed by atoms with E-state index in [1.807, 2.05) is 61.7 Å². The molecule has 0 aliphatic carbocycles. The zero-order valence-electron chi connectivity index (χ0n) is 27.1. The Hall–Kier alpha value is -4.10. The second kappa shape index (κ2) is 11.3. The van der Waals surface area contributed by atoms with E-state index in [0.717, 1.165) is 35.2 Å². The molecule has 3 aromatic heterocycles. The van der Waals surface area contributed by atoms with Crippen molar-refractivity contribution >= 4 is 10.9 Å². The predicted octanol–water partition coefficient (Wildman–Crippen LogP) is 4.89. The van der Waals surface area contributed by atoms with Crippen LogP contribution in [0.3, 0.4) is 0 Å². The Balaban J connectivity index is 1.35. The van der Waals surface area contributed by atoms with Crippen LogP contribution in [0.5, 0.6) is 0 Å². The highest BCUT2D eigenvalue weighted by Crippen LogP contribution is 2.37. The van der Waals surface area contributed by atoms with Crippen molar-refractivity contribution in [3.05, 3.63) is 87.6 Å². The molecule has 2 aliphatic rings. The maximum absolute atomic E-state index is 14.7. The molecule has 0 spiro atoms. The highest BCUT2D eigenvalue weighted by atomic mass is 19.1. The molecule has 2 aromatic carbocycles. The summed E-state index contributed by atoms with van der Waals surface area (Å²) >= 11 is 0. The molecule has 0 radical (unpaired) electrons. The smallest absolute Gasteiger partial charge is 0.338 e. The van der Waals surface area contributed by atoms with Gasteiger partial charge in [-0.2, -0.15) is 10.2 Å². The fourth-order valence-corrected chi connectivity index (χ4v) is 6.75. The minimum absolute atomic E-state index is 0.200. The lowest BCUT2D eigenvalue weighted by atomic mass is 9.99. The quantitative estimate of drug-likeness (QED) is 0.267. The molecule has 0 saturated carbocycles. The van der Waals surface area contributed by atoms with Crippen LogP contribution < -0.4 is 5.69 Å². The first-order valence-electron chi connectivity index (χ1n) is 15.8. The molecule has 3 atom stereocenters. The maximum Gasteiger partial charge on any atom is 0.338 e. The number of aryl methyl sites for hydroxylation is 2. The normalized spacial score (nSPS) is 19.7. The van der Waals surface area contributed by atoms with E-state index in [4.69, 9.17) is 14.6 Å². The van der Waals surface area contributed by atoms with Crippen molar-refractivity contribution in [3.63, 3.8) is 0 Å². The van der Waals surface area contributed by atoms with Crippen molar-refractivity contribution in [1.29, 1.82) is 0 Å². The molecule has 1 N–H and O–H groups in total. The van der Waals surface area contributed by atoms with Gasteiger partial charge in [-0.3, -0.25) is 13.8 Å². The van der Waals surface area contributed by atoms with Gasteiger partial charge in [0.25, 0.3) is 0 Å². The Bertz CT molecular complexity index is 1970. The third-order valence-electron chi connectivity index (χ3n) is 9.02. The molecular formula is C34H40FN7O4. The van der Waals surface area contributed by atoms with Gasteiger partial charge in [0.1, 0.15) is 11.6 Å². The van der Waals surface area contributed by atoms with Crippen molar-refractivity contribution in [2.75, 3.05) is 19.8 Å². The maximum atomic E-state index is 14.7. The Kier molecular flexibility index (Phi) is 7.51. The Morgan fingerprint density at radius 3 is 2.52 bits per heavy atom. The van der Waals surface area contributed by atoms with Gasteiger partial charge in [-0.25, -0.2) is 18.8 Å². The van der Waals surface area contributed by atoms with Crippen LogP contribution in [0.1, 0.15) is 68.6 Å². The van der Waals surface area contributed by atoms with Gasteiger partial charge in [-0.05, 0) is 89.4 Å². The van der Waals surface area contributed by atoms with Crippen molar-refractivity contribution < 1.29 is 19.0 Å². The van der Waals surface area contributed by atoms with Crippen LogP contribution in [0.2, 0.25) is 0 Å². The third-order valence-corrected chi connectivity index (χ3v) is 9.02. The highest BCUT2D eigenvalue weighted by molar-refractivity contribution is 5.81. The largest absolute Gasteiger partial charge is 0.379 e. The van der Waals surface area contributed by atoms with Gasteiger partial charge >= 0.3 is 5.69 Å². The van der Waals surface area contributed by atoms with Crippen LogP contribution in [-0.2, 0) is 15.9 Å². The molecule has 46 heavy (non-hydrogen) atoms. The summed E-state index contributed by atoms with van der Waals surface area (Å²) in [5.74, 6) is 0.270. The van der Waals surface area contributed by atoms with Crippen molar-refractivity contribution in [2.45, 2.75) is 78.5 Å². The highest BCUT2D eigenvalue weighted by Gasteiger charge is 2.37. The molecule has 11 nitrogen and oxygen atoms in total. The fourth-order valence-electron chi connectivity index (χ4n) is 6.75. The minimum atomic E-state index is -1.15. The number of benzene rings is 2. The number of hydrogen-bond acceptors (Lipinski definition) is 7. The van der Waals surface area contributed by atoms with Crippen LogP contribution in [-0.4, -0.2) is 70.5 Å². The molecule has 2 aliphatic heterocycles. The molecule has 2 unspecified atom stereocenters. The van der Waals surface area contributed by atoms with Crippen LogP contribution in [0, 0.1) is 19.7 Å². The summed E-state index contributed by atoms with van der Waals surface area (Å²) in [5, 5.41) is 21.6. The summed E-state index contributed by atoms with van der Waals surface area (Å²) in [6.07, 6.45) is 5.60. The molecule has 0 amide bonds. The number of fused-ring (bicyclic) bond motifs is 2. The molecule has 12 heteroatoms. The Morgan fingerprint density at radius 2 is 1.83 bits per heavy atom. The van der Waals surface area contributed by atoms with Gasteiger partial charge in [0, 0.05) is 49.0 Å². The van der Waals surface area contributed by atoms with Gasteiger partial charge < -0.3 is 14.6 Å². The molecule has 5 aromatic rings. The lowest BCUT2D eigenvalue weighted by Gasteiger charge is -2.38. The zero-order valence-corrected chi connectivity index (χ0v) is 27.1. The topological polar surface area (TPSA) is 105 Å².